The first kappa shape index (κ1) is 31.9. The van der Waals surface area contributed by atoms with Crippen molar-refractivity contribution in [1.82, 2.24) is 10.2 Å². The third kappa shape index (κ3) is 8.43. The van der Waals surface area contributed by atoms with Crippen LogP contribution < -0.4 is 14.4 Å². The van der Waals surface area contributed by atoms with Crippen molar-refractivity contribution in [2.75, 3.05) is 24.5 Å². The van der Waals surface area contributed by atoms with Crippen LogP contribution in [-0.2, 0) is 26.2 Å². The van der Waals surface area contributed by atoms with Crippen molar-refractivity contribution >= 4 is 39.1 Å². The van der Waals surface area contributed by atoms with Gasteiger partial charge >= 0.3 is 0 Å². The number of carbonyl (C=O) groups is 2. The molecular weight excluding hydrogens is 569 g/mol. The van der Waals surface area contributed by atoms with Gasteiger partial charge < -0.3 is 15.0 Å². The van der Waals surface area contributed by atoms with Gasteiger partial charge in [0.25, 0.3) is 10.0 Å². The van der Waals surface area contributed by atoms with Gasteiger partial charge in [0.1, 0.15) is 24.2 Å². The second-order valence-corrected chi connectivity index (χ2v) is 12.2. The fourth-order valence-electron chi connectivity index (χ4n) is 4.14. The van der Waals surface area contributed by atoms with Gasteiger partial charge in [0, 0.05) is 18.1 Å². The van der Waals surface area contributed by atoms with Gasteiger partial charge in [-0.05, 0) is 78.6 Å². The summed E-state index contributed by atoms with van der Waals surface area (Å²) in [5, 5.41) is 3.40. The number of hydrogen-bond acceptors (Lipinski definition) is 5. The van der Waals surface area contributed by atoms with Crippen molar-refractivity contribution < 1.29 is 27.1 Å². The SMILES string of the molecule is CC[C@@H](C(=O)NCC(C)C)N(Cc1ccc(Cl)cc1)C(=O)CN(c1ccc(F)cc1)S(=O)(=O)c1ccc(OC)cc1. The molecule has 3 aromatic carbocycles. The number of nitrogens with one attached hydrogen (secondary N) is 1. The van der Waals surface area contributed by atoms with E-state index < -0.39 is 34.3 Å². The molecule has 0 heterocycles. The van der Waals surface area contributed by atoms with E-state index in [9.17, 15) is 22.4 Å². The van der Waals surface area contributed by atoms with Crippen LogP contribution in [-0.4, -0.2) is 51.4 Å². The van der Waals surface area contributed by atoms with Crippen LogP contribution in [0.25, 0.3) is 0 Å². The molecule has 0 unspecified atom stereocenters. The summed E-state index contributed by atoms with van der Waals surface area (Å²) < 4.78 is 47.5. The number of anilines is 1. The Balaban J connectivity index is 2.03. The molecule has 41 heavy (non-hydrogen) atoms. The van der Waals surface area contributed by atoms with Crippen LogP contribution in [0.1, 0.15) is 32.8 Å². The van der Waals surface area contributed by atoms with E-state index in [1.54, 1.807) is 31.2 Å². The molecule has 0 aliphatic rings. The Labute approximate surface area is 246 Å². The minimum Gasteiger partial charge on any atom is -0.497 e. The highest BCUT2D eigenvalue weighted by Crippen LogP contribution is 2.26. The summed E-state index contributed by atoms with van der Waals surface area (Å²) in [6.45, 7) is 5.55. The number of carbonyl (C=O) groups excluding carboxylic acids is 2. The highest BCUT2D eigenvalue weighted by molar-refractivity contribution is 7.92. The summed E-state index contributed by atoms with van der Waals surface area (Å²) >= 11 is 6.04. The third-order valence-electron chi connectivity index (χ3n) is 6.38. The van der Waals surface area contributed by atoms with Gasteiger partial charge in [-0.3, -0.25) is 13.9 Å². The molecule has 0 saturated carbocycles. The predicted octanol–water partition coefficient (Wildman–Crippen LogP) is 5.26. The smallest absolute Gasteiger partial charge is 0.264 e. The van der Waals surface area contributed by atoms with Crippen LogP contribution in [0.3, 0.4) is 0 Å². The van der Waals surface area contributed by atoms with E-state index in [4.69, 9.17) is 16.3 Å². The molecule has 0 saturated heterocycles. The molecule has 220 valence electrons. The first-order valence-electron chi connectivity index (χ1n) is 13.2. The molecule has 11 heteroatoms. The molecule has 3 rings (SSSR count). The molecule has 8 nitrogen and oxygen atoms in total. The number of hydrogen-bond donors (Lipinski definition) is 1. The number of halogens is 2. The largest absolute Gasteiger partial charge is 0.497 e. The van der Waals surface area contributed by atoms with Crippen molar-refractivity contribution in [3.63, 3.8) is 0 Å². The summed E-state index contributed by atoms with van der Waals surface area (Å²) in [4.78, 5) is 28.5. The summed E-state index contributed by atoms with van der Waals surface area (Å²) in [6.07, 6.45) is 0.297. The van der Waals surface area contributed by atoms with Crippen molar-refractivity contribution in [2.45, 2.75) is 44.7 Å². The van der Waals surface area contributed by atoms with Gasteiger partial charge in [-0.2, -0.15) is 0 Å². The van der Waals surface area contributed by atoms with Crippen molar-refractivity contribution in [2.24, 2.45) is 5.92 Å². The monoisotopic (exact) mass is 603 g/mol. The van der Waals surface area contributed by atoms with Crippen LogP contribution in [0, 0.1) is 11.7 Å². The van der Waals surface area contributed by atoms with E-state index in [1.807, 2.05) is 13.8 Å². The summed E-state index contributed by atoms with van der Waals surface area (Å²) in [5.41, 5.74) is 0.809. The maximum Gasteiger partial charge on any atom is 0.264 e. The number of ether oxygens (including phenoxy) is 1. The predicted molar refractivity (Wildman–Crippen MR) is 158 cm³/mol. The normalized spacial score (nSPS) is 12.1. The van der Waals surface area contributed by atoms with Gasteiger partial charge in [0.2, 0.25) is 11.8 Å². The summed E-state index contributed by atoms with van der Waals surface area (Å²) in [7, 11) is -2.82. The average Bonchev–Trinajstić information content (AvgIpc) is 2.96. The Kier molecular flexibility index (Phi) is 11.1. The van der Waals surface area contributed by atoms with Gasteiger partial charge in [-0.25, -0.2) is 12.8 Å². The quantitative estimate of drug-likeness (QED) is 0.287. The molecule has 0 fully saturated rings. The number of benzene rings is 3. The standard InChI is InChI=1S/C30H35ClFN3O5S/c1-5-28(30(37)33-18-21(2)3)34(19-22-6-8-23(31)9-7-22)29(36)20-35(25-12-10-24(32)11-13-25)41(38,39)27-16-14-26(40-4)15-17-27/h6-17,21,28H,5,18-20H2,1-4H3,(H,33,37)/t28-/m0/s1. The topological polar surface area (TPSA) is 96.0 Å². The zero-order chi connectivity index (χ0) is 30.2. The molecule has 1 atom stereocenters. The van der Waals surface area contributed by atoms with E-state index in [0.29, 0.717) is 29.3 Å². The Morgan fingerprint density at radius 3 is 2.12 bits per heavy atom. The lowest BCUT2D eigenvalue weighted by Crippen LogP contribution is -2.52. The molecule has 1 N–H and O–H groups in total. The first-order valence-corrected chi connectivity index (χ1v) is 15.0. The lowest BCUT2D eigenvalue weighted by atomic mass is 10.1. The number of rotatable bonds is 13. The Morgan fingerprint density at radius 2 is 1.59 bits per heavy atom. The number of methoxy groups -OCH3 is 1. The number of sulfonamides is 1. The second kappa shape index (κ2) is 14.3. The van der Waals surface area contributed by atoms with E-state index in [1.165, 1.54) is 48.4 Å². The maximum absolute atomic E-state index is 14.0. The fraction of sp³-hybridized carbons (Fsp3) is 0.333. The Morgan fingerprint density at radius 1 is 0.976 bits per heavy atom. The van der Waals surface area contributed by atoms with Gasteiger partial charge in [0.05, 0.1) is 17.7 Å². The van der Waals surface area contributed by atoms with Crippen molar-refractivity contribution in [3.8, 4) is 5.75 Å². The van der Waals surface area contributed by atoms with E-state index in [-0.39, 0.29) is 29.0 Å². The zero-order valence-electron chi connectivity index (χ0n) is 23.5. The lowest BCUT2D eigenvalue weighted by molar-refractivity contribution is -0.140. The zero-order valence-corrected chi connectivity index (χ0v) is 25.1. The highest BCUT2D eigenvalue weighted by Gasteiger charge is 2.33. The Bertz CT molecular complexity index is 1420. The molecule has 0 spiro atoms. The summed E-state index contributed by atoms with van der Waals surface area (Å²) in [6, 6.07) is 16.5. The Hall–Kier alpha value is -3.63. The van der Waals surface area contributed by atoms with Crippen LogP contribution in [0.15, 0.2) is 77.7 Å². The molecular formula is C30H35ClFN3O5S. The molecule has 0 aliphatic carbocycles. The fourth-order valence-corrected chi connectivity index (χ4v) is 5.68. The van der Waals surface area contributed by atoms with Crippen LogP contribution in [0.2, 0.25) is 5.02 Å². The second-order valence-electron chi connectivity index (χ2n) is 9.87. The first-order chi connectivity index (χ1) is 19.5. The number of nitrogens with zero attached hydrogens (tertiary/aromatic N) is 2. The molecule has 0 radical (unpaired) electrons. The van der Waals surface area contributed by atoms with Crippen molar-refractivity contribution in [3.05, 3.63) is 89.2 Å². The minimum atomic E-state index is -4.28. The van der Waals surface area contributed by atoms with Gasteiger partial charge in [-0.1, -0.05) is 44.5 Å². The van der Waals surface area contributed by atoms with E-state index in [0.717, 1.165) is 16.4 Å². The van der Waals surface area contributed by atoms with E-state index >= 15 is 0 Å². The minimum absolute atomic E-state index is 0.0451. The number of amides is 2. The van der Waals surface area contributed by atoms with Gasteiger partial charge in [0.15, 0.2) is 0 Å². The lowest BCUT2D eigenvalue weighted by Gasteiger charge is -2.33. The summed E-state index contributed by atoms with van der Waals surface area (Å²) in [5.74, 6) is -0.844. The van der Waals surface area contributed by atoms with Crippen LogP contribution in [0.4, 0.5) is 10.1 Å². The van der Waals surface area contributed by atoms with Gasteiger partial charge in [-0.15, -0.1) is 0 Å². The van der Waals surface area contributed by atoms with Crippen LogP contribution >= 0.6 is 11.6 Å². The molecule has 0 bridgehead atoms. The van der Waals surface area contributed by atoms with Crippen molar-refractivity contribution in [1.29, 1.82) is 0 Å². The average molecular weight is 604 g/mol. The maximum atomic E-state index is 14.0. The molecule has 2 amide bonds. The molecule has 0 aliphatic heterocycles. The highest BCUT2D eigenvalue weighted by atomic mass is 35.5. The van der Waals surface area contributed by atoms with Crippen LogP contribution in [0.5, 0.6) is 5.75 Å². The van der Waals surface area contributed by atoms with E-state index in [2.05, 4.69) is 5.32 Å². The molecule has 3 aromatic rings. The molecule has 0 aromatic heterocycles. The third-order valence-corrected chi connectivity index (χ3v) is 8.42.